The highest BCUT2D eigenvalue weighted by atomic mass is 32.1. The summed E-state index contributed by atoms with van der Waals surface area (Å²) in [5, 5.41) is 27.1. The molecule has 4 rings (SSSR count). The van der Waals surface area contributed by atoms with E-state index in [0.29, 0.717) is 41.3 Å². The van der Waals surface area contributed by atoms with Crippen LogP contribution in [0.15, 0.2) is 53.6 Å². The number of anilines is 1. The number of thiophene rings is 1. The fourth-order valence-electron chi connectivity index (χ4n) is 4.90. The molecule has 4 N–H and O–H groups in total. The molecule has 2 unspecified atom stereocenters. The van der Waals surface area contributed by atoms with E-state index < -0.39 is 23.9 Å². The van der Waals surface area contributed by atoms with Crippen molar-refractivity contribution in [2.75, 3.05) is 18.4 Å². The van der Waals surface area contributed by atoms with Crippen LogP contribution in [-0.2, 0) is 19.4 Å². The number of nitrogens with zero attached hydrogens (tertiary/aromatic N) is 2. The molecule has 2 atom stereocenters. The van der Waals surface area contributed by atoms with Crippen LogP contribution in [0.25, 0.3) is 0 Å². The molecule has 1 aliphatic rings. The first-order valence-electron chi connectivity index (χ1n) is 13.4. The Bertz CT molecular complexity index is 1360. The van der Waals surface area contributed by atoms with Gasteiger partial charge in [-0.2, -0.15) is 5.10 Å². The lowest BCUT2D eigenvalue weighted by atomic mass is 9.95. The van der Waals surface area contributed by atoms with Crippen molar-refractivity contribution in [1.29, 1.82) is 0 Å². The minimum Gasteiger partial charge on any atom is -0.392 e. The number of aliphatic hydroxyl groups is 2. The third-order valence-electron chi connectivity index (χ3n) is 6.49. The number of fused-ring (bicyclic) bond motifs is 1. The van der Waals surface area contributed by atoms with Gasteiger partial charge in [0.1, 0.15) is 10.8 Å². The van der Waals surface area contributed by atoms with E-state index in [1.165, 1.54) is 29.7 Å². The van der Waals surface area contributed by atoms with E-state index in [4.69, 9.17) is 0 Å². The molecule has 1 aromatic heterocycles. The minimum absolute atomic E-state index is 0.338. The molecule has 0 spiro atoms. The lowest BCUT2D eigenvalue weighted by Crippen LogP contribution is -2.35. The monoisotopic (exact) mass is 566 g/mol. The summed E-state index contributed by atoms with van der Waals surface area (Å²) in [7, 11) is 0. The third kappa shape index (κ3) is 8.04. The summed E-state index contributed by atoms with van der Waals surface area (Å²) in [6, 6.07) is 13.1. The number of benzene rings is 2. The van der Waals surface area contributed by atoms with Gasteiger partial charge in [-0.25, -0.2) is 9.82 Å². The Balaban J connectivity index is 1.51. The quantitative estimate of drug-likeness (QED) is 0.204. The number of hydrogen-bond acceptors (Lipinski definition) is 7. The first-order chi connectivity index (χ1) is 19.2. The van der Waals surface area contributed by atoms with Crippen LogP contribution in [0.4, 0.5) is 9.39 Å². The summed E-state index contributed by atoms with van der Waals surface area (Å²) < 4.78 is 13.5. The number of amides is 2. The summed E-state index contributed by atoms with van der Waals surface area (Å²) >= 11 is 1.42. The Morgan fingerprint density at radius 2 is 1.77 bits per heavy atom. The Hall–Kier alpha value is -3.44. The van der Waals surface area contributed by atoms with Crippen molar-refractivity contribution < 1.29 is 24.2 Å². The fourth-order valence-corrected chi connectivity index (χ4v) is 6.18. The molecule has 2 aromatic carbocycles. The van der Waals surface area contributed by atoms with Gasteiger partial charge in [0.2, 0.25) is 0 Å². The molecule has 0 radical (unpaired) electrons. The summed E-state index contributed by atoms with van der Waals surface area (Å²) in [6.45, 7) is 4.63. The molecule has 40 heavy (non-hydrogen) atoms. The predicted molar refractivity (Wildman–Crippen MR) is 155 cm³/mol. The van der Waals surface area contributed by atoms with E-state index in [-0.39, 0.29) is 5.91 Å². The van der Waals surface area contributed by atoms with Gasteiger partial charge in [-0.15, -0.1) is 11.3 Å². The number of carbonyl (C=O) groups excluding carboxylic acids is 2. The lowest BCUT2D eigenvalue weighted by Gasteiger charge is -2.25. The van der Waals surface area contributed by atoms with Gasteiger partial charge in [-0.05, 0) is 80.5 Å². The Morgan fingerprint density at radius 1 is 1.05 bits per heavy atom. The number of halogens is 1. The first-order valence-corrected chi connectivity index (χ1v) is 14.2. The molecule has 8 nitrogen and oxygen atoms in total. The number of nitrogens with one attached hydrogen (secondary N) is 2. The minimum atomic E-state index is -0.558. The average molecular weight is 567 g/mol. The van der Waals surface area contributed by atoms with E-state index in [1.54, 1.807) is 44.2 Å². The van der Waals surface area contributed by atoms with Crippen LogP contribution in [0.5, 0.6) is 0 Å². The number of carbonyl (C=O) groups is 2. The highest BCUT2D eigenvalue weighted by molar-refractivity contribution is 7.17. The van der Waals surface area contributed by atoms with Gasteiger partial charge in [0, 0.05) is 30.1 Å². The predicted octanol–water partition coefficient (Wildman–Crippen LogP) is 4.35. The summed E-state index contributed by atoms with van der Waals surface area (Å²) in [5.41, 5.74) is 5.71. The zero-order valence-corrected chi connectivity index (χ0v) is 23.5. The van der Waals surface area contributed by atoms with E-state index in [2.05, 4.69) is 15.8 Å². The molecule has 0 fully saturated rings. The number of hydrogen-bond donors (Lipinski definition) is 4. The number of hydrazone groups is 1. The highest BCUT2D eigenvalue weighted by Gasteiger charge is 2.26. The maximum atomic E-state index is 13.5. The molecule has 0 bridgehead atoms. The van der Waals surface area contributed by atoms with Crippen molar-refractivity contribution in [3.63, 3.8) is 0 Å². The first kappa shape index (κ1) is 29.5. The second-order valence-electron chi connectivity index (χ2n) is 10.2. The van der Waals surface area contributed by atoms with Crippen molar-refractivity contribution in [1.82, 2.24) is 10.3 Å². The van der Waals surface area contributed by atoms with E-state index in [0.717, 1.165) is 41.7 Å². The number of aliphatic hydroxyl groups excluding tert-OH is 2. The molecule has 212 valence electrons. The average Bonchev–Trinajstić information content (AvgIpc) is 3.26. The van der Waals surface area contributed by atoms with Gasteiger partial charge in [-0.1, -0.05) is 24.3 Å². The van der Waals surface area contributed by atoms with Crippen molar-refractivity contribution in [3.8, 4) is 0 Å². The highest BCUT2D eigenvalue weighted by Crippen LogP contribution is 2.38. The number of rotatable bonds is 11. The molecular weight excluding hydrogens is 531 g/mol. The molecule has 3 aromatic rings. The van der Waals surface area contributed by atoms with E-state index in [9.17, 15) is 24.2 Å². The van der Waals surface area contributed by atoms with Crippen LogP contribution < -0.4 is 10.7 Å². The molecule has 2 amide bonds. The topological polar surface area (TPSA) is 114 Å². The van der Waals surface area contributed by atoms with Crippen LogP contribution >= 0.6 is 11.3 Å². The Morgan fingerprint density at radius 3 is 2.50 bits per heavy atom. The van der Waals surface area contributed by atoms with Gasteiger partial charge in [0.25, 0.3) is 11.8 Å². The zero-order chi connectivity index (χ0) is 28.6. The maximum Gasteiger partial charge on any atom is 0.274 e. The van der Waals surface area contributed by atoms with Crippen LogP contribution in [0.1, 0.15) is 69.0 Å². The second-order valence-corrected chi connectivity index (χ2v) is 11.3. The molecule has 0 saturated carbocycles. The number of aryl methyl sites for hydroxylation is 1. The molecular formula is C30H35FN4O4S. The third-order valence-corrected chi connectivity index (χ3v) is 7.70. The van der Waals surface area contributed by atoms with Crippen LogP contribution in [0.2, 0.25) is 0 Å². The van der Waals surface area contributed by atoms with Crippen molar-refractivity contribution >= 4 is 34.4 Å². The molecule has 1 aliphatic carbocycles. The fraction of sp³-hybridized carbons (Fsp3) is 0.367. The van der Waals surface area contributed by atoms with Gasteiger partial charge in [-0.3, -0.25) is 14.5 Å². The molecule has 10 heteroatoms. The maximum absolute atomic E-state index is 13.5. The van der Waals surface area contributed by atoms with Crippen LogP contribution in [-0.4, -0.2) is 58.4 Å². The van der Waals surface area contributed by atoms with E-state index >= 15 is 0 Å². The van der Waals surface area contributed by atoms with E-state index in [1.807, 2.05) is 11.0 Å². The molecule has 0 saturated heterocycles. The molecule has 1 heterocycles. The summed E-state index contributed by atoms with van der Waals surface area (Å²) in [4.78, 5) is 29.6. The summed E-state index contributed by atoms with van der Waals surface area (Å²) in [6.07, 6.45) is 3.84. The van der Waals surface area contributed by atoms with Crippen LogP contribution in [0, 0.1) is 5.82 Å². The van der Waals surface area contributed by atoms with Crippen molar-refractivity contribution in [3.05, 3.63) is 87.0 Å². The van der Waals surface area contributed by atoms with Gasteiger partial charge < -0.3 is 15.5 Å². The Labute approximate surface area is 237 Å². The standard InChI is InChI=1S/C30H35FN4O4S/c1-19(36)16-35(17-20(2)37)18-22-8-5-9-23(13-22)28(38)33-30-27(25-11-3-4-12-26(25)40-30)29(39)34-32-15-21-7-6-10-24(31)14-21/h5-10,13-15,19-20,36-37H,3-4,11-12,16-18H2,1-2H3,(H,33,38)(H,34,39). The van der Waals surface area contributed by atoms with Gasteiger partial charge in [0.15, 0.2) is 0 Å². The normalized spacial score (nSPS) is 14.7. The van der Waals surface area contributed by atoms with Crippen molar-refractivity contribution in [2.24, 2.45) is 5.10 Å². The van der Waals surface area contributed by atoms with Gasteiger partial charge >= 0.3 is 0 Å². The second kappa shape index (κ2) is 13.8. The summed E-state index contributed by atoms with van der Waals surface area (Å²) in [5.74, 6) is -1.16. The SMILES string of the molecule is CC(O)CN(Cc1cccc(C(=O)Nc2sc3c(c2C(=O)NN=Cc2cccc(F)c2)CCCC3)c1)CC(C)O. The zero-order valence-electron chi connectivity index (χ0n) is 22.7. The lowest BCUT2D eigenvalue weighted by molar-refractivity contribution is 0.0793. The van der Waals surface area contributed by atoms with Gasteiger partial charge in [0.05, 0.1) is 24.0 Å². The Kier molecular flexibility index (Phi) is 10.2. The van der Waals surface area contributed by atoms with Crippen molar-refractivity contribution in [2.45, 2.75) is 58.3 Å². The van der Waals surface area contributed by atoms with Crippen LogP contribution in [0.3, 0.4) is 0 Å². The molecule has 0 aliphatic heterocycles. The smallest absolute Gasteiger partial charge is 0.274 e. The largest absolute Gasteiger partial charge is 0.392 e.